The lowest BCUT2D eigenvalue weighted by Gasteiger charge is -2.26. The molecule has 0 saturated carbocycles. The van der Waals surface area contributed by atoms with E-state index in [0.717, 1.165) is 4.90 Å². The smallest absolute Gasteiger partial charge is 0.337 e. The predicted octanol–water partition coefficient (Wildman–Crippen LogP) is 1.85. The first-order valence-corrected chi connectivity index (χ1v) is 8.32. The highest BCUT2D eigenvalue weighted by Gasteiger charge is 2.36. The first kappa shape index (κ1) is 19.6. The molecule has 1 saturated heterocycles. The molecule has 1 aliphatic heterocycles. The summed E-state index contributed by atoms with van der Waals surface area (Å²) in [5.41, 5.74) is 0.536. The first-order chi connectivity index (χ1) is 13.8. The summed E-state index contributed by atoms with van der Waals surface area (Å²) in [6, 6.07) is 8.93. The van der Waals surface area contributed by atoms with Gasteiger partial charge in [-0.1, -0.05) is 6.07 Å². The van der Waals surface area contributed by atoms with Crippen LogP contribution in [-0.2, 0) is 14.3 Å². The van der Waals surface area contributed by atoms with E-state index in [9.17, 15) is 24.3 Å². The van der Waals surface area contributed by atoms with Crippen molar-refractivity contribution >= 4 is 35.6 Å². The number of carbonyl (C=O) groups excluding carboxylic acids is 4. The summed E-state index contributed by atoms with van der Waals surface area (Å²) >= 11 is 0. The topological polar surface area (TPSA) is 122 Å². The molecule has 148 valence electrons. The number of barbiturate groups is 1. The second-order valence-corrected chi connectivity index (χ2v) is 5.93. The number of nitrogens with one attached hydrogen (secondary N) is 1. The number of carbonyl (C=O) groups is 4. The molecule has 2 aromatic carbocycles. The van der Waals surface area contributed by atoms with Gasteiger partial charge < -0.3 is 14.6 Å². The second-order valence-electron chi connectivity index (χ2n) is 5.93. The number of aromatic hydroxyl groups is 1. The average molecular weight is 396 g/mol. The van der Waals surface area contributed by atoms with E-state index in [0.29, 0.717) is 5.56 Å². The van der Waals surface area contributed by atoms with Crippen LogP contribution in [0.15, 0.2) is 48.0 Å². The molecule has 1 aliphatic rings. The van der Waals surface area contributed by atoms with Gasteiger partial charge in [0.25, 0.3) is 11.8 Å². The van der Waals surface area contributed by atoms with Crippen molar-refractivity contribution in [1.29, 1.82) is 0 Å². The van der Waals surface area contributed by atoms with Crippen LogP contribution in [0.25, 0.3) is 6.08 Å². The van der Waals surface area contributed by atoms with Gasteiger partial charge in [-0.2, -0.15) is 0 Å². The molecule has 2 aromatic rings. The number of hydrogen-bond acceptors (Lipinski definition) is 7. The second kappa shape index (κ2) is 7.85. The number of esters is 1. The molecule has 0 radical (unpaired) electrons. The SMILES string of the molecule is COC(=O)c1ccc(N2C(=O)NC(=O)/C(=C/c3ccc(O)c(OC)c3)C2=O)cc1. The maximum atomic E-state index is 12.9. The molecule has 4 amide bonds. The number of phenolic OH excluding ortho intramolecular Hbond substituents is 1. The molecule has 9 nitrogen and oxygen atoms in total. The lowest BCUT2D eigenvalue weighted by atomic mass is 10.1. The Morgan fingerprint density at radius 1 is 1.07 bits per heavy atom. The van der Waals surface area contributed by atoms with Crippen LogP contribution in [0.3, 0.4) is 0 Å². The quantitative estimate of drug-likeness (QED) is 0.459. The van der Waals surface area contributed by atoms with Gasteiger partial charge in [0, 0.05) is 0 Å². The molecular weight excluding hydrogens is 380 g/mol. The maximum absolute atomic E-state index is 12.9. The highest BCUT2D eigenvalue weighted by atomic mass is 16.5. The molecule has 1 fully saturated rings. The van der Waals surface area contributed by atoms with E-state index in [2.05, 4.69) is 10.1 Å². The van der Waals surface area contributed by atoms with E-state index < -0.39 is 23.8 Å². The number of anilines is 1. The van der Waals surface area contributed by atoms with Crippen LogP contribution in [0, 0.1) is 0 Å². The molecule has 29 heavy (non-hydrogen) atoms. The Balaban J connectivity index is 1.97. The molecule has 1 heterocycles. The summed E-state index contributed by atoms with van der Waals surface area (Å²) in [5, 5.41) is 11.8. The molecule has 0 atom stereocenters. The van der Waals surface area contributed by atoms with Crippen molar-refractivity contribution in [2.24, 2.45) is 0 Å². The summed E-state index contributed by atoms with van der Waals surface area (Å²) in [6.45, 7) is 0. The van der Waals surface area contributed by atoms with Gasteiger partial charge in [-0.25, -0.2) is 14.5 Å². The maximum Gasteiger partial charge on any atom is 0.337 e. The fourth-order valence-electron chi connectivity index (χ4n) is 2.71. The van der Waals surface area contributed by atoms with Gasteiger partial charge >= 0.3 is 12.0 Å². The van der Waals surface area contributed by atoms with E-state index >= 15 is 0 Å². The average Bonchev–Trinajstić information content (AvgIpc) is 2.72. The summed E-state index contributed by atoms with van der Waals surface area (Å²) in [5.74, 6) is -2.19. The van der Waals surface area contributed by atoms with Crippen LogP contribution in [0.5, 0.6) is 11.5 Å². The van der Waals surface area contributed by atoms with Gasteiger partial charge in [0.1, 0.15) is 5.57 Å². The van der Waals surface area contributed by atoms with Gasteiger partial charge in [0.15, 0.2) is 11.5 Å². The lowest BCUT2D eigenvalue weighted by molar-refractivity contribution is -0.122. The summed E-state index contributed by atoms with van der Waals surface area (Å²) in [7, 11) is 2.60. The van der Waals surface area contributed by atoms with E-state index in [1.54, 1.807) is 0 Å². The van der Waals surface area contributed by atoms with Gasteiger partial charge in [-0.3, -0.25) is 14.9 Å². The Morgan fingerprint density at radius 2 is 1.76 bits per heavy atom. The van der Waals surface area contributed by atoms with Crippen molar-refractivity contribution in [3.8, 4) is 11.5 Å². The highest BCUT2D eigenvalue weighted by Crippen LogP contribution is 2.28. The monoisotopic (exact) mass is 396 g/mol. The van der Waals surface area contributed by atoms with Crippen molar-refractivity contribution in [2.75, 3.05) is 19.1 Å². The molecule has 0 aliphatic carbocycles. The van der Waals surface area contributed by atoms with Crippen LogP contribution in [0.1, 0.15) is 15.9 Å². The Kier molecular flexibility index (Phi) is 5.31. The normalized spacial score (nSPS) is 15.3. The van der Waals surface area contributed by atoms with E-state index in [1.165, 1.54) is 62.8 Å². The number of imide groups is 2. The standard InChI is InChI=1S/C20H16N2O7/c1-28-16-10-11(3-8-15(16)23)9-14-17(24)21-20(27)22(18(14)25)13-6-4-12(5-7-13)19(26)29-2/h3-10,23H,1-2H3,(H,21,24,27)/b14-9-. The van der Waals surface area contributed by atoms with Gasteiger partial charge in [0.05, 0.1) is 25.5 Å². The number of hydrogen-bond donors (Lipinski definition) is 2. The van der Waals surface area contributed by atoms with E-state index in [4.69, 9.17) is 4.74 Å². The minimum absolute atomic E-state index is 0.100. The van der Waals surface area contributed by atoms with Crippen LogP contribution in [0.2, 0.25) is 0 Å². The Bertz CT molecular complexity index is 1040. The Morgan fingerprint density at radius 3 is 2.38 bits per heavy atom. The minimum Gasteiger partial charge on any atom is -0.504 e. The van der Waals surface area contributed by atoms with Crippen LogP contribution in [0.4, 0.5) is 10.5 Å². The van der Waals surface area contributed by atoms with Gasteiger partial charge in [-0.15, -0.1) is 0 Å². The minimum atomic E-state index is -0.911. The number of methoxy groups -OCH3 is 2. The van der Waals surface area contributed by atoms with Crippen molar-refractivity contribution in [1.82, 2.24) is 5.32 Å². The van der Waals surface area contributed by atoms with E-state index in [1.807, 2.05) is 0 Å². The molecular formula is C20H16N2O7. The van der Waals surface area contributed by atoms with E-state index in [-0.39, 0.29) is 28.3 Å². The fraction of sp³-hybridized carbons (Fsp3) is 0.100. The number of urea groups is 1. The molecule has 0 unspecified atom stereocenters. The van der Waals surface area contributed by atoms with Gasteiger partial charge in [0.2, 0.25) is 0 Å². The molecule has 0 bridgehead atoms. The Labute approximate surface area is 165 Å². The summed E-state index contributed by atoms with van der Waals surface area (Å²) < 4.78 is 9.62. The first-order valence-electron chi connectivity index (χ1n) is 8.32. The molecule has 9 heteroatoms. The summed E-state index contributed by atoms with van der Waals surface area (Å²) in [4.78, 5) is 49.6. The molecule has 3 rings (SSSR count). The lowest BCUT2D eigenvalue weighted by Crippen LogP contribution is -2.54. The number of phenols is 1. The number of rotatable bonds is 4. The van der Waals surface area contributed by atoms with Crippen molar-refractivity contribution in [3.63, 3.8) is 0 Å². The van der Waals surface area contributed by atoms with Crippen molar-refractivity contribution in [2.45, 2.75) is 0 Å². The van der Waals surface area contributed by atoms with Crippen LogP contribution >= 0.6 is 0 Å². The largest absolute Gasteiger partial charge is 0.504 e. The predicted molar refractivity (Wildman–Crippen MR) is 101 cm³/mol. The summed E-state index contributed by atoms with van der Waals surface area (Å²) in [6.07, 6.45) is 1.28. The van der Waals surface area contributed by atoms with Gasteiger partial charge in [-0.05, 0) is 48.0 Å². The fourth-order valence-corrected chi connectivity index (χ4v) is 2.71. The zero-order valence-electron chi connectivity index (χ0n) is 15.5. The van der Waals surface area contributed by atoms with Crippen LogP contribution < -0.4 is 15.0 Å². The zero-order valence-corrected chi connectivity index (χ0v) is 15.5. The third kappa shape index (κ3) is 3.79. The number of nitrogens with zero attached hydrogens (tertiary/aromatic N) is 1. The number of ether oxygens (including phenoxy) is 2. The van der Waals surface area contributed by atoms with Crippen LogP contribution in [-0.4, -0.2) is 43.1 Å². The molecule has 2 N–H and O–H groups in total. The number of benzene rings is 2. The third-order valence-electron chi connectivity index (χ3n) is 4.16. The van der Waals surface area contributed by atoms with Crippen molar-refractivity contribution in [3.05, 3.63) is 59.2 Å². The molecule has 0 spiro atoms. The molecule has 0 aromatic heterocycles. The Hall–Kier alpha value is -4.14. The number of amides is 4. The third-order valence-corrected chi connectivity index (χ3v) is 4.16. The van der Waals surface area contributed by atoms with Crippen molar-refractivity contribution < 1.29 is 33.8 Å². The highest BCUT2D eigenvalue weighted by molar-refractivity contribution is 6.39. The zero-order chi connectivity index (χ0) is 21.1.